The Kier molecular flexibility index (Phi) is 23.1. The Morgan fingerprint density at radius 2 is 0.901 bits per heavy atom. The lowest BCUT2D eigenvalue weighted by molar-refractivity contribution is -0.131. The molecule has 9 fully saturated rings. The van der Waals surface area contributed by atoms with Crippen LogP contribution in [-0.2, 0) is 28.8 Å². The van der Waals surface area contributed by atoms with Crippen molar-refractivity contribution < 1.29 is 39.0 Å². The summed E-state index contributed by atoms with van der Waals surface area (Å²) in [5.41, 5.74) is 10.6. The molecule has 0 spiro atoms. The van der Waals surface area contributed by atoms with Crippen LogP contribution in [0, 0.1) is 85.2 Å². The highest BCUT2D eigenvalue weighted by Gasteiger charge is 2.62. The van der Waals surface area contributed by atoms with Gasteiger partial charge in [0.2, 0.25) is 0 Å². The second-order valence-electron chi connectivity index (χ2n) is 33.5. The van der Waals surface area contributed by atoms with Gasteiger partial charge in [-0.1, -0.05) is 124 Å². The smallest absolute Gasteiger partial charge is 0.159 e. The predicted molar refractivity (Wildman–Crippen MR) is 372 cm³/mol. The molecule has 14 aliphatic carbocycles. The van der Waals surface area contributed by atoms with Crippen molar-refractivity contribution in [2.75, 3.05) is 0 Å². The Morgan fingerprint density at radius 3 is 1.43 bits per heavy atom. The van der Waals surface area contributed by atoms with Gasteiger partial charge in [-0.25, -0.2) is 0 Å². The Bertz CT molecular complexity index is 2910. The summed E-state index contributed by atoms with van der Waals surface area (Å²) < 4.78 is 0. The van der Waals surface area contributed by atoms with Gasteiger partial charge in [0.15, 0.2) is 34.7 Å². The van der Waals surface area contributed by atoms with E-state index < -0.39 is 0 Å². The maximum absolute atomic E-state index is 13.0. The molecular formula is C83H126O8. The Hall–Kier alpha value is -3.88. The zero-order chi connectivity index (χ0) is 64.1. The Morgan fingerprint density at radius 1 is 0.440 bits per heavy atom. The molecule has 17 atom stereocenters. The van der Waals surface area contributed by atoms with Gasteiger partial charge in [0.1, 0.15) is 0 Å². The molecule has 0 aliphatic heterocycles. The van der Waals surface area contributed by atoms with Gasteiger partial charge >= 0.3 is 0 Å². The third kappa shape index (κ3) is 14.2. The zero-order valence-corrected chi connectivity index (χ0v) is 57.5. The molecule has 14 rings (SSSR count). The van der Waals surface area contributed by atoms with Crippen molar-refractivity contribution in [1.29, 1.82) is 0 Å². The monoisotopic (exact) mass is 1250 g/mol. The van der Waals surface area contributed by atoms with Gasteiger partial charge in [0, 0.05) is 55.2 Å². The lowest BCUT2D eigenvalue weighted by Crippen LogP contribution is -2.52. The second-order valence-corrected chi connectivity index (χ2v) is 33.5. The summed E-state index contributed by atoms with van der Waals surface area (Å²) in [5.74, 6) is 7.06. The molecule has 14 aliphatic rings. The van der Waals surface area contributed by atoms with Crippen LogP contribution in [0.4, 0.5) is 0 Å². The van der Waals surface area contributed by atoms with E-state index in [0.717, 1.165) is 117 Å². The third-order valence-corrected chi connectivity index (χ3v) is 28.2. The van der Waals surface area contributed by atoms with Gasteiger partial charge in [-0.15, -0.1) is 0 Å². The number of ketones is 6. The first kappa shape index (κ1) is 72.9. The van der Waals surface area contributed by atoms with Gasteiger partial charge in [0.25, 0.3) is 0 Å². The van der Waals surface area contributed by atoms with Crippen LogP contribution in [0.1, 0.15) is 303 Å². The van der Waals surface area contributed by atoms with Gasteiger partial charge in [-0.3, -0.25) is 28.8 Å². The van der Waals surface area contributed by atoms with Crippen LogP contribution in [0.3, 0.4) is 0 Å². The molecule has 506 valence electrons. The predicted octanol–water partition coefficient (Wildman–Crippen LogP) is 19.9. The molecule has 91 heavy (non-hydrogen) atoms. The van der Waals surface area contributed by atoms with Crippen molar-refractivity contribution in [3.63, 3.8) is 0 Å². The van der Waals surface area contributed by atoms with Crippen molar-refractivity contribution in [2.45, 2.75) is 315 Å². The highest BCUT2D eigenvalue weighted by molar-refractivity contribution is 6.07. The highest BCUT2D eigenvalue weighted by atomic mass is 16.3. The fourth-order valence-electron chi connectivity index (χ4n) is 22.9. The van der Waals surface area contributed by atoms with Crippen LogP contribution >= 0.6 is 0 Å². The number of allylic oxidation sites excluding steroid dienone is 11. The van der Waals surface area contributed by atoms with E-state index in [-0.39, 0.29) is 78.0 Å². The van der Waals surface area contributed by atoms with Crippen LogP contribution in [0.25, 0.3) is 0 Å². The Labute approximate surface area is 552 Å². The number of hydrogen-bond donors (Lipinski definition) is 2. The fourth-order valence-corrected chi connectivity index (χ4v) is 22.9. The van der Waals surface area contributed by atoms with Crippen LogP contribution < -0.4 is 0 Å². The number of hydrogen-bond acceptors (Lipinski definition) is 8. The molecule has 8 heteroatoms. The van der Waals surface area contributed by atoms with Crippen LogP contribution in [0.2, 0.25) is 0 Å². The fraction of sp³-hybridized carbons (Fsp3) is 0.759. The Balaban J connectivity index is 0.000000152. The molecule has 0 radical (unpaired) electrons. The maximum atomic E-state index is 13.0. The average molecular weight is 1250 g/mol. The van der Waals surface area contributed by atoms with E-state index in [1.165, 1.54) is 102 Å². The molecule has 6 unspecified atom stereocenters. The number of fused-ring (bicyclic) bond motifs is 13. The number of aliphatic hydroxyl groups is 2. The van der Waals surface area contributed by atoms with Crippen LogP contribution in [0.5, 0.6) is 0 Å². The molecule has 0 bridgehead atoms. The standard InChI is InChI=1S/C24H34O2.C24H38O.2C11H14O2.C11H18O.2CH4/c1-5-6-15(2)18-7-8-19-17-14-22(26)21-13-16(25)9-11-24(21,4)20(17)10-12-23(18,19)3;1-5-6-16(2)20-9-10-21-19-8-7-17-15-18(25)11-13-23(17,3)22(19)12-14-24(20,21)4;2*1-11-5-2-3-10(13)9(11)7-8(12)4-6-11;1-11-6-3-2-4-9(11)8-10(12)5-7-11;;/h6,13,17-20H,5,7-12,14H2,1-4H3;6-7,18-22,25H,5,8-15H2,1-4H3;2*7H,2-6H2,1H3;4,10,12H,2-3,5-8H2,1H3;2*1H4/b15-6+;16-6+;;;;;/t17?,18-,19?,20?,23-,24-;18-,19?,20+,21?,22?,23-,24+;2*11-;10-,11-;;/m10000../s1. The van der Waals surface area contributed by atoms with E-state index in [9.17, 15) is 39.0 Å². The number of carbonyl (C=O) groups excluding carboxylic acids is 6. The first-order chi connectivity index (χ1) is 42.1. The first-order valence-electron chi connectivity index (χ1n) is 36.6. The zero-order valence-electron chi connectivity index (χ0n) is 57.5. The number of carbonyl (C=O) groups is 6. The molecule has 0 aromatic heterocycles. The van der Waals surface area contributed by atoms with Crippen molar-refractivity contribution in [1.82, 2.24) is 0 Å². The SMILES string of the molecule is C.C.CC/C=C(\C)[C@H]1CCC2C3CC(=O)C4=CC(=O)CC[C@]4(C)C3CC[C@@]21C.CC/C=C(\C)[C@H]1CCC2C3CC=C4C[C@@H](O)CC[C@]4(C)C3CC[C@@]21C.C[C@@]12CCCC(=O)C1=CC(=O)CC2.C[C@@]12CCCC(=O)C1=CC(=O)CC2.C[C@@]12CCCC=C1C[C@@H](O)CC2. The van der Waals surface area contributed by atoms with E-state index in [0.29, 0.717) is 83.9 Å². The largest absolute Gasteiger partial charge is 0.393 e. The van der Waals surface area contributed by atoms with E-state index >= 15 is 0 Å². The van der Waals surface area contributed by atoms with E-state index in [1.54, 1.807) is 34.9 Å². The van der Waals surface area contributed by atoms with Crippen molar-refractivity contribution in [3.05, 3.63) is 81.5 Å². The topological polar surface area (TPSA) is 143 Å². The van der Waals surface area contributed by atoms with E-state index in [4.69, 9.17) is 0 Å². The lowest BCUT2D eigenvalue weighted by atomic mass is 9.46. The summed E-state index contributed by atoms with van der Waals surface area (Å²) in [7, 11) is 0. The lowest BCUT2D eigenvalue weighted by Gasteiger charge is -2.58. The summed E-state index contributed by atoms with van der Waals surface area (Å²) >= 11 is 0. The normalized spacial score (nSPS) is 42.0. The molecule has 0 heterocycles. The maximum Gasteiger partial charge on any atom is 0.159 e. The quantitative estimate of drug-likeness (QED) is 0.265. The summed E-state index contributed by atoms with van der Waals surface area (Å²) in [6.07, 6.45) is 49.7. The molecule has 0 aromatic carbocycles. The molecular weight excluding hydrogens is 1120 g/mol. The van der Waals surface area contributed by atoms with Crippen LogP contribution in [0.15, 0.2) is 81.5 Å². The van der Waals surface area contributed by atoms with Crippen molar-refractivity contribution in [3.8, 4) is 0 Å². The van der Waals surface area contributed by atoms with Gasteiger partial charge < -0.3 is 10.2 Å². The first-order valence-corrected chi connectivity index (χ1v) is 36.6. The van der Waals surface area contributed by atoms with Crippen molar-refractivity contribution >= 4 is 34.7 Å². The average Bonchev–Trinajstić information content (AvgIpc) is 1.70. The molecule has 9 saturated carbocycles. The molecule has 0 amide bonds. The number of rotatable bonds is 4. The summed E-state index contributed by atoms with van der Waals surface area (Å²) in [6.45, 7) is 25.8. The molecule has 0 aromatic rings. The summed E-state index contributed by atoms with van der Waals surface area (Å²) in [5, 5.41) is 19.7. The number of aliphatic hydroxyl groups excluding tert-OH is 2. The number of Topliss-reactive ketones (excluding diaryl/α,β-unsaturated/α-hetero) is 3. The minimum Gasteiger partial charge on any atom is -0.393 e. The highest BCUT2D eigenvalue weighted by Crippen LogP contribution is 2.69. The van der Waals surface area contributed by atoms with Crippen LogP contribution in [-0.4, -0.2) is 57.1 Å². The van der Waals surface area contributed by atoms with Gasteiger partial charge in [-0.05, 0) is 291 Å². The molecule has 8 nitrogen and oxygen atoms in total. The van der Waals surface area contributed by atoms with Crippen molar-refractivity contribution in [2.24, 2.45) is 85.2 Å². The third-order valence-electron chi connectivity index (χ3n) is 28.2. The second kappa shape index (κ2) is 28.8. The minimum absolute atomic E-state index is 0. The summed E-state index contributed by atoms with van der Waals surface area (Å²) in [6, 6.07) is 0. The van der Waals surface area contributed by atoms with E-state index in [1.807, 2.05) is 0 Å². The van der Waals surface area contributed by atoms with Gasteiger partial charge in [-0.2, -0.15) is 0 Å². The van der Waals surface area contributed by atoms with E-state index in [2.05, 4.69) is 100 Å². The summed E-state index contributed by atoms with van der Waals surface area (Å²) in [4.78, 5) is 70.4. The minimum atomic E-state index is -0.0811. The van der Waals surface area contributed by atoms with Gasteiger partial charge in [0.05, 0.1) is 12.2 Å². The molecule has 0 saturated heterocycles. The molecule has 2 N–H and O–H groups in total.